The van der Waals surface area contributed by atoms with Gasteiger partial charge in [-0.3, -0.25) is 4.79 Å². The predicted molar refractivity (Wildman–Crippen MR) is 327 cm³/mol. The smallest absolute Gasteiger partial charge is 0.220 e. The Kier molecular flexibility index (Phi) is 48.1. The number of amides is 1. The van der Waals surface area contributed by atoms with E-state index in [1.54, 1.807) is 0 Å². The standard InChI is InChI=1S/C67H121NO13/c1-3-5-7-9-11-13-15-17-19-21-23-24-25-26-27-28-29-30-31-32-33-35-37-39-41-43-45-47-49-51-59(72)68-55(56(71)50-48-46-44-42-40-38-36-34-22-20-18-16-14-12-10-8-6-4-2)54-78-66-64(77)62(75)65(58(53-70)80-66)81-67-63(76)61(74)60(73)57(52-69)79-67/h5,7,11,13,17,19,23-24,26-27,55-58,60-67,69-71,73-77H,3-4,6,8-10,12,14-16,18,20-22,25,28-54H2,1-2H3,(H,68,72)/b7-5-,13-11-,19-17-,24-23-,27-26-. The minimum absolute atomic E-state index is 0.207. The molecule has 2 fully saturated rings. The Morgan fingerprint density at radius 3 is 1.31 bits per heavy atom. The highest BCUT2D eigenvalue weighted by Crippen LogP contribution is 2.30. The molecule has 0 bridgehead atoms. The molecule has 2 rings (SSSR count). The van der Waals surface area contributed by atoms with E-state index in [9.17, 15) is 45.6 Å². The van der Waals surface area contributed by atoms with Gasteiger partial charge in [-0.05, 0) is 57.8 Å². The second-order valence-electron chi connectivity index (χ2n) is 23.2. The molecule has 14 heteroatoms. The third-order valence-electron chi connectivity index (χ3n) is 16.0. The fourth-order valence-corrected chi connectivity index (χ4v) is 10.7. The normalized spacial score (nSPS) is 24.5. The molecule has 2 saturated heterocycles. The number of unbranched alkanes of at least 4 members (excludes halogenated alkanes) is 30. The van der Waals surface area contributed by atoms with Gasteiger partial charge < -0.3 is 65.1 Å². The quantitative estimate of drug-likeness (QED) is 0.0204. The Morgan fingerprint density at radius 1 is 0.457 bits per heavy atom. The molecule has 9 N–H and O–H groups in total. The minimum atomic E-state index is -1.78. The number of aliphatic hydroxyl groups is 8. The first-order valence-corrected chi connectivity index (χ1v) is 33.0. The maximum absolute atomic E-state index is 13.3. The molecule has 0 aromatic rings. The number of nitrogens with one attached hydrogen (secondary N) is 1. The zero-order chi connectivity index (χ0) is 58.8. The van der Waals surface area contributed by atoms with Crippen LogP contribution in [-0.4, -0.2) is 140 Å². The van der Waals surface area contributed by atoms with Crippen LogP contribution >= 0.6 is 0 Å². The molecule has 2 heterocycles. The molecule has 1 amide bonds. The molecule has 0 aromatic heterocycles. The summed E-state index contributed by atoms with van der Waals surface area (Å²) in [5, 5.41) is 87.5. The van der Waals surface area contributed by atoms with Gasteiger partial charge in [0.15, 0.2) is 12.6 Å². The van der Waals surface area contributed by atoms with E-state index in [1.165, 1.54) is 154 Å². The molecular weight excluding hydrogens is 1030 g/mol. The maximum atomic E-state index is 13.3. The van der Waals surface area contributed by atoms with Gasteiger partial charge in [-0.25, -0.2) is 0 Å². The van der Waals surface area contributed by atoms with Crippen molar-refractivity contribution in [3.63, 3.8) is 0 Å². The van der Waals surface area contributed by atoms with Gasteiger partial charge in [0, 0.05) is 6.42 Å². The van der Waals surface area contributed by atoms with Crippen LogP contribution in [0.15, 0.2) is 60.8 Å². The molecule has 12 unspecified atom stereocenters. The van der Waals surface area contributed by atoms with Gasteiger partial charge in [0.2, 0.25) is 5.91 Å². The average molecular weight is 1150 g/mol. The highest BCUT2D eigenvalue weighted by molar-refractivity contribution is 5.76. The SMILES string of the molecule is CC/C=C\C/C=C\C/C=C\C/C=C\C/C=C\CCCCCCCCCCCCCCCC(=O)NC(COC1OC(CO)C(OC2OC(CO)C(O)C(O)C2O)C(O)C1O)C(O)CCCCCCCCCCCCCCCCCCCC. The molecule has 2 aliphatic rings. The minimum Gasteiger partial charge on any atom is -0.394 e. The highest BCUT2D eigenvalue weighted by Gasteiger charge is 2.51. The van der Waals surface area contributed by atoms with Gasteiger partial charge in [-0.15, -0.1) is 0 Å². The summed E-state index contributed by atoms with van der Waals surface area (Å²) in [6.07, 6.45) is 50.7. The van der Waals surface area contributed by atoms with Crippen molar-refractivity contribution in [2.75, 3.05) is 19.8 Å². The van der Waals surface area contributed by atoms with Gasteiger partial charge in [0.1, 0.15) is 48.8 Å². The van der Waals surface area contributed by atoms with Crippen LogP contribution in [0.5, 0.6) is 0 Å². The molecule has 0 aliphatic carbocycles. The number of rotatable bonds is 53. The molecule has 14 nitrogen and oxygen atoms in total. The van der Waals surface area contributed by atoms with Crippen molar-refractivity contribution in [3.8, 4) is 0 Å². The molecule has 472 valence electrons. The van der Waals surface area contributed by atoms with Crippen molar-refractivity contribution < 1.29 is 64.6 Å². The molecule has 0 saturated carbocycles. The molecule has 2 aliphatic heterocycles. The number of hydrogen-bond acceptors (Lipinski definition) is 13. The summed E-state index contributed by atoms with van der Waals surface area (Å²) in [4.78, 5) is 13.3. The van der Waals surface area contributed by atoms with Crippen LogP contribution in [0.25, 0.3) is 0 Å². The highest BCUT2D eigenvalue weighted by atomic mass is 16.7. The summed E-state index contributed by atoms with van der Waals surface area (Å²) in [7, 11) is 0. The van der Waals surface area contributed by atoms with Gasteiger partial charge in [0.25, 0.3) is 0 Å². The molecule has 12 atom stereocenters. The largest absolute Gasteiger partial charge is 0.394 e. The van der Waals surface area contributed by atoms with Crippen molar-refractivity contribution in [3.05, 3.63) is 60.8 Å². The van der Waals surface area contributed by atoms with E-state index < -0.39 is 86.8 Å². The molecule has 81 heavy (non-hydrogen) atoms. The first kappa shape index (κ1) is 74.8. The van der Waals surface area contributed by atoms with E-state index in [2.05, 4.69) is 79.9 Å². The number of allylic oxidation sites excluding steroid dienone is 10. The molecule has 0 spiro atoms. The van der Waals surface area contributed by atoms with E-state index in [1.807, 2.05) is 0 Å². The number of carbonyl (C=O) groups excluding carboxylic acids is 1. The number of hydrogen-bond donors (Lipinski definition) is 9. The van der Waals surface area contributed by atoms with Crippen molar-refractivity contribution in [2.45, 2.75) is 338 Å². The number of ether oxygens (including phenoxy) is 4. The van der Waals surface area contributed by atoms with E-state index in [-0.39, 0.29) is 12.5 Å². The predicted octanol–water partition coefficient (Wildman–Crippen LogP) is 12.5. The van der Waals surface area contributed by atoms with Crippen LogP contribution in [0.3, 0.4) is 0 Å². The fourth-order valence-electron chi connectivity index (χ4n) is 10.7. The summed E-state index contributed by atoms with van der Waals surface area (Å²) in [5.74, 6) is -0.207. The lowest BCUT2D eigenvalue weighted by molar-refractivity contribution is -0.359. The van der Waals surface area contributed by atoms with Crippen LogP contribution in [0.1, 0.15) is 264 Å². The summed E-state index contributed by atoms with van der Waals surface area (Å²) >= 11 is 0. The van der Waals surface area contributed by atoms with E-state index >= 15 is 0 Å². The monoisotopic (exact) mass is 1150 g/mol. The van der Waals surface area contributed by atoms with Crippen molar-refractivity contribution in [1.29, 1.82) is 0 Å². The topological polar surface area (TPSA) is 228 Å². The van der Waals surface area contributed by atoms with Crippen molar-refractivity contribution in [2.24, 2.45) is 0 Å². The Balaban J connectivity index is 1.68. The summed E-state index contributed by atoms with van der Waals surface area (Å²) in [6, 6.07) is -0.832. The fraction of sp³-hybridized carbons (Fsp3) is 0.836. The van der Waals surface area contributed by atoms with Crippen LogP contribution in [0.2, 0.25) is 0 Å². The Bertz CT molecular complexity index is 1590. The first-order valence-electron chi connectivity index (χ1n) is 33.0. The van der Waals surface area contributed by atoms with Crippen LogP contribution < -0.4 is 5.32 Å². The molecule has 0 aromatic carbocycles. The third-order valence-corrected chi connectivity index (χ3v) is 16.0. The average Bonchev–Trinajstić information content (AvgIpc) is 3.47. The van der Waals surface area contributed by atoms with Crippen molar-refractivity contribution in [1.82, 2.24) is 5.32 Å². The van der Waals surface area contributed by atoms with Crippen molar-refractivity contribution >= 4 is 5.91 Å². The molecular formula is C67H121NO13. The lowest BCUT2D eigenvalue weighted by Gasteiger charge is -2.46. The van der Waals surface area contributed by atoms with Crippen LogP contribution in [-0.2, 0) is 23.7 Å². The lowest BCUT2D eigenvalue weighted by Crippen LogP contribution is -2.65. The van der Waals surface area contributed by atoms with E-state index in [0.29, 0.717) is 12.8 Å². The second-order valence-corrected chi connectivity index (χ2v) is 23.2. The van der Waals surface area contributed by atoms with Gasteiger partial charge in [0.05, 0.1) is 32.0 Å². The zero-order valence-electron chi connectivity index (χ0n) is 51.0. The Labute approximate surface area is 492 Å². The third kappa shape index (κ3) is 37.0. The van der Waals surface area contributed by atoms with E-state index in [4.69, 9.17) is 18.9 Å². The summed E-state index contributed by atoms with van der Waals surface area (Å²) in [5.41, 5.74) is 0. The van der Waals surface area contributed by atoms with Crippen LogP contribution in [0.4, 0.5) is 0 Å². The lowest BCUT2D eigenvalue weighted by atomic mass is 9.97. The van der Waals surface area contributed by atoms with E-state index in [0.717, 1.165) is 83.5 Å². The van der Waals surface area contributed by atoms with Gasteiger partial charge in [-0.1, -0.05) is 261 Å². The number of carbonyl (C=O) groups is 1. The Morgan fingerprint density at radius 2 is 0.852 bits per heavy atom. The van der Waals surface area contributed by atoms with Gasteiger partial charge >= 0.3 is 0 Å². The molecule has 0 radical (unpaired) electrons. The van der Waals surface area contributed by atoms with Gasteiger partial charge in [-0.2, -0.15) is 0 Å². The second kappa shape index (κ2) is 52.1. The number of aliphatic hydroxyl groups excluding tert-OH is 8. The Hall–Kier alpha value is -2.31. The first-order chi connectivity index (χ1) is 39.6. The summed E-state index contributed by atoms with van der Waals surface area (Å²) in [6.45, 7) is 2.77. The summed E-state index contributed by atoms with van der Waals surface area (Å²) < 4.78 is 22.9. The maximum Gasteiger partial charge on any atom is 0.220 e. The van der Waals surface area contributed by atoms with Crippen LogP contribution in [0, 0.1) is 0 Å². The zero-order valence-corrected chi connectivity index (χ0v) is 51.0.